The lowest BCUT2D eigenvalue weighted by Gasteiger charge is -2.16. The molecule has 3 rings (SSSR count). The monoisotopic (exact) mass is 354 g/mol. The molecular formula is C19H22N4O3. The van der Waals surface area contributed by atoms with Gasteiger partial charge in [0.2, 0.25) is 11.8 Å². The molecule has 1 aliphatic heterocycles. The van der Waals surface area contributed by atoms with Gasteiger partial charge in [-0.25, -0.2) is 4.98 Å². The minimum absolute atomic E-state index is 0.0606. The van der Waals surface area contributed by atoms with Crippen LogP contribution < -0.4 is 11.3 Å². The van der Waals surface area contributed by atoms with E-state index in [0.29, 0.717) is 36.0 Å². The summed E-state index contributed by atoms with van der Waals surface area (Å²) in [6.07, 6.45) is 3.22. The summed E-state index contributed by atoms with van der Waals surface area (Å²) in [5, 5.41) is 0. The number of aromatic amines is 1. The van der Waals surface area contributed by atoms with Gasteiger partial charge in [0.1, 0.15) is 5.82 Å². The van der Waals surface area contributed by atoms with Gasteiger partial charge in [-0.15, -0.1) is 0 Å². The summed E-state index contributed by atoms with van der Waals surface area (Å²) in [5.74, 6) is 0.365. The molecule has 0 unspecified atom stereocenters. The summed E-state index contributed by atoms with van der Waals surface area (Å²) >= 11 is 0. The Morgan fingerprint density at radius 2 is 2.19 bits per heavy atom. The number of benzene rings is 1. The Morgan fingerprint density at radius 3 is 2.92 bits per heavy atom. The van der Waals surface area contributed by atoms with E-state index in [1.54, 1.807) is 17.9 Å². The van der Waals surface area contributed by atoms with Crippen molar-refractivity contribution in [1.29, 1.82) is 0 Å². The fourth-order valence-corrected chi connectivity index (χ4v) is 3.32. The minimum Gasteiger partial charge on any atom is -0.366 e. The van der Waals surface area contributed by atoms with E-state index in [0.717, 1.165) is 18.4 Å². The molecule has 0 aliphatic carbocycles. The van der Waals surface area contributed by atoms with Gasteiger partial charge in [0.05, 0.1) is 6.42 Å². The molecule has 1 saturated heterocycles. The van der Waals surface area contributed by atoms with Gasteiger partial charge < -0.3 is 15.6 Å². The summed E-state index contributed by atoms with van der Waals surface area (Å²) in [7, 11) is 0. The first-order valence-corrected chi connectivity index (χ1v) is 8.63. The van der Waals surface area contributed by atoms with Crippen LogP contribution in [0.2, 0.25) is 0 Å². The predicted molar refractivity (Wildman–Crippen MR) is 96.6 cm³/mol. The standard InChI is InChI=1S/C19H22N4O3/c1-12-21-10-16(19(26)22-12)9-17(24)23-6-5-14(11-23)7-13-3-2-4-15(8-13)18(20)25/h2-4,8,10,14H,5-7,9,11H2,1H3,(H2,20,25)(H,21,22,26)/t14-/m0/s1. The number of carbonyl (C=O) groups excluding carboxylic acids is 2. The number of hydrogen-bond acceptors (Lipinski definition) is 4. The molecule has 1 fully saturated rings. The fraction of sp³-hybridized carbons (Fsp3) is 0.368. The highest BCUT2D eigenvalue weighted by molar-refractivity contribution is 5.92. The quantitative estimate of drug-likeness (QED) is 0.828. The van der Waals surface area contributed by atoms with Crippen molar-refractivity contribution in [2.24, 2.45) is 11.7 Å². The van der Waals surface area contributed by atoms with Crippen LogP contribution in [0.3, 0.4) is 0 Å². The largest absolute Gasteiger partial charge is 0.366 e. The van der Waals surface area contributed by atoms with Gasteiger partial charge in [-0.05, 0) is 43.4 Å². The Balaban J connectivity index is 1.59. The van der Waals surface area contributed by atoms with Crippen LogP contribution in [-0.2, 0) is 17.6 Å². The van der Waals surface area contributed by atoms with Gasteiger partial charge in [0.15, 0.2) is 0 Å². The van der Waals surface area contributed by atoms with E-state index < -0.39 is 5.91 Å². The normalized spacial score (nSPS) is 16.7. The van der Waals surface area contributed by atoms with Crippen molar-refractivity contribution in [3.8, 4) is 0 Å². The molecule has 0 spiro atoms. The first-order chi connectivity index (χ1) is 12.4. The van der Waals surface area contributed by atoms with Crippen molar-refractivity contribution in [2.45, 2.75) is 26.2 Å². The number of nitrogens with two attached hydrogens (primary N) is 1. The number of aryl methyl sites for hydroxylation is 1. The molecule has 136 valence electrons. The second-order valence-electron chi connectivity index (χ2n) is 6.76. The second-order valence-corrected chi connectivity index (χ2v) is 6.76. The van der Waals surface area contributed by atoms with E-state index in [2.05, 4.69) is 9.97 Å². The number of primary amides is 1. The zero-order valence-electron chi connectivity index (χ0n) is 14.7. The smallest absolute Gasteiger partial charge is 0.254 e. The molecule has 0 saturated carbocycles. The highest BCUT2D eigenvalue weighted by Crippen LogP contribution is 2.22. The number of hydrogen-bond donors (Lipinski definition) is 2. The predicted octanol–water partition coefficient (Wildman–Crippen LogP) is 0.811. The van der Waals surface area contributed by atoms with E-state index in [-0.39, 0.29) is 17.9 Å². The molecule has 0 bridgehead atoms. The maximum atomic E-state index is 12.5. The number of rotatable bonds is 5. The number of aromatic nitrogens is 2. The Bertz CT molecular complexity index is 890. The molecular weight excluding hydrogens is 332 g/mol. The lowest BCUT2D eigenvalue weighted by atomic mass is 9.97. The lowest BCUT2D eigenvalue weighted by Crippen LogP contribution is -2.32. The first-order valence-electron chi connectivity index (χ1n) is 8.63. The molecule has 2 aromatic rings. The number of nitrogens with zero attached hydrogens (tertiary/aromatic N) is 2. The van der Waals surface area contributed by atoms with Crippen LogP contribution in [0.1, 0.15) is 33.7 Å². The van der Waals surface area contributed by atoms with Gasteiger partial charge in [-0.2, -0.15) is 0 Å². The average Bonchev–Trinajstić information content (AvgIpc) is 3.06. The number of carbonyl (C=O) groups is 2. The molecule has 7 heteroatoms. The number of H-pyrrole nitrogens is 1. The number of amides is 2. The Morgan fingerprint density at radius 1 is 1.38 bits per heavy atom. The summed E-state index contributed by atoms with van der Waals surface area (Å²) < 4.78 is 0. The van der Waals surface area contributed by atoms with Crippen LogP contribution in [0.15, 0.2) is 35.3 Å². The molecule has 1 aromatic carbocycles. The lowest BCUT2D eigenvalue weighted by molar-refractivity contribution is -0.129. The molecule has 3 N–H and O–H groups in total. The van der Waals surface area contributed by atoms with Crippen LogP contribution in [-0.4, -0.2) is 39.8 Å². The van der Waals surface area contributed by atoms with Crippen LogP contribution >= 0.6 is 0 Å². The van der Waals surface area contributed by atoms with E-state index in [1.165, 1.54) is 6.20 Å². The van der Waals surface area contributed by atoms with E-state index in [9.17, 15) is 14.4 Å². The molecule has 1 aromatic heterocycles. The summed E-state index contributed by atoms with van der Waals surface area (Å²) in [4.78, 5) is 44.1. The molecule has 1 aliphatic rings. The Kier molecular flexibility index (Phi) is 5.16. The van der Waals surface area contributed by atoms with Gasteiger partial charge in [-0.3, -0.25) is 14.4 Å². The van der Waals surface area contributed by atoms with Crippen LogP contribution in [0.25, 0.3) is 0 Å². The molecule has 1 atom stereocenters. The van der Waals surface area contributed by atoms with Crippen molar-refractivity contribution in [2.75, 3.05) is 13.1 Å². The van der Waals surface area contributed by atoms with Crippen molar-refractivity contribution in [3.05, 3.63) is 63.3 Å². The third-order valence-electron chi connectivity index (χ3n) is 4.72. The zero-order chi connectivity index (χ0) is 18.7. The van der Waals surface area contributed by atoms with Gasteiger partial charge >= 0.3 is 0 Å². The average molecular weight is 354 g/mol. The molecule has 7 nitrogen and oxygen atoms in total. The van der Waals surface area contributed by atoms with E-state index in [4.69, 9.17) is 5.73 Å². The third kappa shape index (κ3) is 4.17. The number of nitrogens with one attached hydrogen (secondary N) is 1. The Labute approximate surface area is 151 Å². The van der Waals surface area contributed by atoms with Crippen molar-refractivity contribution < 1.29 is 9.59 Å². The van der Waals surface area contributed by atoms with Crippen molar-refractivity contribution in [1.82, 2.24) is 14.9 Å². The Hall–Kier alpha value is -2.96. The fourth-order valence-electron chi connectivity index (χ4n) is 3.32. The summed E-state index contributed by atoms with van der Waals surface area (Å²) in [6, 6.07) is 7.30. The van der Waals surface area contributed by atoms with Crippen LogP contribution in [0.4, 0.5) is 0 Å². The van der Waals surface area contributed by atoms with E-state index >= 15 is 0 Å². The third-order valence-corrected chi connectivity index (χ3v) is 4.72. The SMILES string of the molecule is Cc1ncc(CC(=O)N2CC[C@@H](Cc3cccc(C(N)=O)c3)C2)c(=O)[nH]1. The number of likely N-dealkylation sites (tertiary alicyclic amines) is 1. The molecule has 0 radical (unpaired) electrons. The minimum atomic E-state index is -0.438. The van der Waals surface area contributed by atoms with Crippen molar-refractivity contribution in [3.63, 3.8) is 0 Å². The topological polar surface area (TPSA) is 109 Å². The van der Waals surface area contributed by atoms with Gasteiger partial charge in [0, 0.05) is 30.4 Å². The second kappa shape index (κ2) is 7.51. The van der Waals surface area contributed by atoms with Crippen LogP contribution in [0, 0.1) is 12.8 Å². The maximum Gasteiger partial charge on any atom is 0.254 e. The highest BCUT2D eigenvalue weighted by atomic mass is 16.2. The van der Waals surface area contributed by atoms with Gasteiger partial charge in [0.25, 0.3) is 5.56 Å². The van der Waals surface area contributed by atoms with Crippen LogP contribution in [0.5, 0.6) is 0 Å². The highest BCUT2D eigenvalue weighted by Gasteiger charge is 2.27. The molecule has 26 heavy (non-hydrogen) atoms. The van der Waals surface area contributed by atoms with Crippen molar-refractivity contribution >= 4 is 11.8 Å². The summed E-state index contributed by atoms with van der Waals surface area (Å²) in [5.41, 5.74) is 6.99. The van der Waals surface area contributed by atoms with Gasteiger partial charge in [-0.1, -0.05) is 12.1 Å². The molecule has 2 amide bonds. The molecule has 2 heterocycles. The first kappa shape index (κ1) is 17.8. The maximum absolute atomic E-state index is 12.5. The van der Waals surface area contributed by atoms with E-state index in [1.807, 2.05) is 18.2 Å². The zero-order valence-corrected chi connectivity index (χ0v) is 14.7. The summed E-state index contributed by atoms with van der Waals surface area (Å²) in [6.45, 7) is 3.03.